The number of carbonyl (C=O) groups is 2. The Labute approximate surface area is 234 Å². The van der Waals surface area contributed by atoms with Crippen LogP contribution in [0.15, 0.2) is 50.3 Å². The number of aromatic amines is 1. The second-order valence-corrected chi connectivity index (χ2v) is 11.8. The topological polar surface area (TPSA) is 101 Å². The van der Waals surface area contributed by atoms with Crippen LogP contribution in [-0.2, 0) is 4.79 Å². The molecular formula is C25H22Br2Cl2N4O3. The van der Waals surface area contributed by atoms with Crippen molar-refractivity contribution in [3.05, 3.63) is 71.6 Å². The summed E-state index contributed by atoms with van der Waals surface area (Å²) in [5.41, 5.74) is 8.23. The van der Waals surface area contributed by atoms with Crippen molar-refractivity contribution in [2.24, 2.45) is 11.8 Å². The van der Waals surface area contributed by atoms with Gasteiger partial charge < -0.3 is 15.6 Å². The number of amides is 1. The van der Waals surface area contributed by atoms with Crippen LogP contribution in [0.3, 0.4) is 0 Å². The van der Waals surface area contributed by atoms with E-state index in [0.717, 1.165) is 5.56 Å². The number of nitrogen functional groups attached to an aromatic ring is 1. The highest BCUT2D eigenvalue weighted by atomic mass is 79.9. The normalized spacial score (nSPS) is 19.9. The molecule has 0 spiro atoms. The molecule has 2 fully saturated rings. The Morgan fingerprint density at radius 3 is 2.31 bits per heavy atom. The monoisotopic (exact) mass is 654 g/mol. The molecule has 36 heavy (non-hydrogen) atoms. The van der Waals surface area contributed by atoms with Crippen molar-refractivity contribution >= 4 is 72.4 Å². The summed E-state index contributed by atoms with van der Waals surface area (Å²) in [5.74, 6) is -0.629. The van der Waals surface area contributed by atoms with Crippen LogP contribution in [-0.4, -0.2) is 39.2 Å². The number of ketones is 1. The lowest BCUT2D eigenvalue weighted by Crippen LogP contribution is -2.41. The summed E-state index contributed by atoms with van der Waals surface area (Å²) in [4.78, 5) is 43.4. The molecule has 7 nitrogen and oxygen atoms in total. The number of nitrogens with one attached hydrogen (secondary N) is 1. The molecule has 1 saturated carbocycles. The Balaban J connectivity index is 1.21. The largest absolute Gasteiger partial charge is 0.397 e. The maximum absolute atomic E-state index is 13.1. The molecule has 2 aromatic carbocycles. The fraction of sp³-hybridized carbons (Fsp3) is 0.320. The van der Waals surface area contributed by atoms with Gasteiger partial charge in [-0.1, -0.05) is 29.3 Å². The molecule has 0 bridgehead atoms. The zero-order chi connectivity index (χ0) is 25.7. The number of halogens is 4. The lowest BCUT2D eigenvalue weighted by molar-refractivity contribution is -0.134. The molecule has 3 aromatic rings. The van der Waals surface area contributed by atoms with E-state index in [1.54, 1.807) is 41.1 Å². The van der Waals surface area contributed by atoms with Crippen molar-refractivity contribution in [2.45, 2.75) is 25.3 Å². The van der Waals surface area contributed by atoms with Gasteiger partial charge in [-0.05, 0) is 75.4 Å². The zero-order valence-electron chi connectivity index (χ0n) is 18.9. The summed E-state index contributed by atoms with van der Waals surface area (Å²) < 4.78 is 2.99. The lowest BCUT2D eigenvalue weighted by atomic mass is 10.0. The summed E-state index contributed by atoms with van der Waals surface area (Å²) >= 11 is 18.9. The number of hydrogen-bond acceptors (Lipinski definition) is 4. The van der Waals surface area contributed by atoms with Crippen LogP contribution in [0.4, 0.5) is 5.69 Å². The van der Waals surface area contributed by atoms with Crippen LogP contribution in [0.5, 0.6) is 0 Å². The number of nitrogens with two attached hydrogens (primary N) is 1. The number of likely N-dealkylation sites (tertiary alicyclic amines) is 1. The van der Waals surface area contributed by atoms with E-state index in [9.17, 15) is 14.4 Å². The molecule has 188 valence electrons. The van der Waals surface area contributed by atoms with E-state index in [-0.39, 0.29) is 35.3 Å². The first-order valence-electron chi connectivity index (χ1n) is 11.5. The van der Waals surface area contributed by atoms with Crippen LogP contribution >= 0.6 is 55.1 Å². The van der Waals surface area contributed by atoms with E-state index < -0.39 is 0 Å². The van der Waals surface area contributed by atoms with Gasteiger partial charge >= 0.3 is 5.69 Å². The summed E-state index contributed by atoms with van der Waals surface area (Å²) in [6.45, 7) is 1.08. The van der Waals surface area contributed by atoms with E-state index in [2.05, 4.69) is 36.8 Å². The van der Waals surface area contributed by atoms with Gasteiger partial charge in [0.15, 0.2) is 5.78 Å². The number of carbonyl (C=O) groups excluding carboxylic acids is 2. The molecule has 11 heteroatoms. The van der Waals surface area contributed by atoms with Gasteiger partial charge in [-0.2, -0.15) is 0 Å². The number of rotatable bonds is 5. The number of H-pyrrole nitrogens is 1. The highest BCUT2D eigenvalue weighted by Crippen LogP contribution is 2.44. The predicted molar refractivity (Wildman–Crippen MR) is 148 cm³/mol. The van der Waals surface area contributed by atoms with Crippen molar-refractivity contribution < 1.29 is 9.59 Å². The van der Waals surface area contributed by atoms with E-state index in [0.29, 0.717) is 68.3 Å². The zero-order valence-corrected chi connectivity index (χ0v) is 23.6. The first kappa shape index (κ1) is 25.6. The number of nitrogens with zero attached hydrogens (tertiary/aromatic N) is 2. The minimum atomic E-state index is -0.307. The second kappa shape index (κ2) is 10.0. The average Bonchev–Trinajstić information content (AvgIpc) is 3.57. The minimum absolute atomic E-state index is 0.0123. The summed E-state index contributed by atoms with van der Waals surface area (Å²) in [6.07, 6.45) is 3.67. The number of benzene rings is 2. The van der Waals surface area contributed by atoms with Gasteiger partial charge in [0.25, 0.3) is 0 Å². The molecule has 1 aliphatic carbocycles. The Morgan fingerprint density at radius 1 is 1.00 bits per heavy atom. The average molecular weight is 657 g/mol. The number of anilines is 1. The van der Waals surface area contributed by atoms with Gasteiger partial charge in [-0.25, -0.2) is 4.79 Å². The number of Topliss-reactive ketones (excluding diaryl/α,β-unsaturated/α-hetero) is 1. The summed E-state index contributed by atoms with van der Waals surface area (Å²) in [5, 5.41) is 0.871. The van der Waals surface area contributed by atoms with Gasteiger partial charge in [0.05, 0.1) is 21.4 Å². The van der Waals surface area contributed by atoms with E-state index >= 15 is 0 Å². The van der Waals surface area contributed by atoms with Gasteiger partial charge in [0.1, 0.15) is 0 Å². The van der Waals surface area contributed by atoms with Crippen molar-refractivity contribution in [1.82, 2.24) is 14.5 Å². The molecule has 0 radical (unpaired) electrons. The lowest BCUT2D eigenvalue weighted by Gasteiger charge is -2.32. The van der Waals surface area contributed by atoms with Gasteiger partial charge in [-0.3, -0.25) is 14.2 Å². The van der Waals surface area contributed by atoms with Crippen molar-refractivity contribution in [2.75, 3.05) is 18.8 Å². The molecule has 1 aliphatic heterocycles. The van der Waals surface area contributed by atoms with Crippen LogP contribution in [0.25, 0.3) is 11.3 Å². The quantitative estimate of drug-likeness (QED) is 0.262. The van der Waals surface area contributed by atoms with Gasteiger partial charge in [-0.15, -0.1) is 0 Å². The molecule has 2 aliphatic rings. The van der Waals surface area contributed by atoms with Gasteiger partial charge in [0.2, 0.25) is 5.91 Å². The standard InChI is InChI=1S/C25H22Br2Cl2N4O3/c26-17-7-13(8-18(27)22(17)30)23(34)15-10-16(15)24(35)32-5-3-14(4-6-32)33-11-21(31-25(33)36)12-1-2-19(28)20(29)9-12/h1-2,7-9,11,14-16H,3-6,10,30H2,(H,31,36). The van der Waals surface area contributed by atoms with Gasteiger partial charge in [0, 0.05) is 57.2 Å². The van der Waals surface area contributed by atoms with Crippen LogP contribution in [0, 0.1) is 11.8 Å². The van der Waals surface area contributed by atoms with Crippen molar-refractivity contribution in [1.29, 1.82) is 0 Å². The molecular weight excluding hydrogens is 635 g/mol. The Morgan fingerprint density at radius 2 is 1.67 bits per heavy atom. The van der Waals surface area contributed by atoms with E-state index in [1.807, 2.05) is 4.90 Å². The van der Waals surface area contributed by atoms with Crippen LogP contribution in [0.2, 0.25) is 10.0 Å². The third kappa shape index (κ3) is 4.90. The minimum Gasteiger partial charge on any atom is -0.397 e. The number of aromatic nitrogens is 2. The summed E-state index contributed by atoms with van der Waals surface area (Å²) in [7, 11) is 0. The summed E-state index contributed by atoms with van der Waals surface area (Å²) in [6, 6.07) is 8.61. The Hall–Kier alpha value is -2.07. The number of piperidine rings is 1. The second-order valence-electron chi connectivity index (χ2n) is 9.23. The molecule has 2 unspecified atom stereocenters. The van der Waals surface area contributed by atoms with E-state index in [4.69, 9.17) is 28.9 Å². The third-order valence-electron chi connectivity index (χ3n) is 6.95. The highest BCUT2D eigenvalue weighted by molar-refractivity contribution is 9.11. The molecule has 1 aromatic heterocycles. The van der Waals surface area contributed by atoms with Crippen molar-refractivity contribution in [3.8, 4) is 11.3 Å². The molecule has 5 rings (SSSR count). The molecule has 2 heterocycles. The molecule has 1 saturated heterocycles. The SMILES string of the molecule is Nc1c(Br)cc(C(=O)C2CC2C(=O)N2CCC(n3cc(-c4ccc(Cl)c(Cl)c4)[nH]c3=O)CC2)cc1Br. The maximum atomic E-state index is 13.1. The fourth-order valence-corrected chi connectivity index (χ4v) is 6.27. The van der Waals surface area contributed by atoms with Crippen LogP contribution < -0.4 is 11.4 Å². The first-order chi connectivity index (χ1) is 17.1. The molecule has 2 atom stereocenters. The highest BCUT2D eigenvalue weighted by Gasteiger charge is 2.50. The van der Waals surface area contributed by atoms with Crippen molar-refractivity contribution in [3.63, 3.8) is 0 Å². The third-order valence-corrected chi connectivity index (χ3v) is 9.00. The number of hydrogen-bond donors (Lipinski definition) is 2. The Kier molecular flexibility index (Phi) is 7.11. The predicted octanol–water partition coefficient (Wildman–Crippen LogP) is 5.94. The van der Waals surface area contributed by atoms with Crippen LogP contribution in [0.1, 0.15) is 35.7 Å². The number of imidazole rings is 1. The fourth-order valence-electron chi connectivity index (χ4n) is 4.79. The Bertz CT molecular complexity index is 1410. The smallest absolute Gasteiger partial charge is 0.326 e. The van der Waals surface area contributed by atoms with E-state index in [1.165, 1.54) is 0 Å². The first-order valence-corrected chi connectivity index (χ1v) is 13.8. The maximum Gasteiger partial charge on any atom is 0.326 e. The molecule has 1 amide bonds. The molecule has 3 N–H and O–H groups in total.